The Balaban J connectivity index is 1.06. The summed E-state index contributed by atoms with van der Waals surface area (Å²) in [5.41, 5.74) is 4.60. The number of ether oxygens (including phenoxy) is 8. The van der Waals surface area contributed by atoms with Gasteiger partial charge in [-0.15, -0.1) is 0 Å². The minimum Gasteiger partial charge on any atom is -0.484 e. The largest absolute Gasteiger partial charge is 0.484 e. The molecule has 0 spiro atoms. The first-order valence-corrected chi connectivity index (χ1v) is 23.0. The van der Waals surface area contributed by atoms with Crippen LogP contribution in [0.3, 0.4) is 0 Å². The first kappa shape index (κ1) is 44.9. The molecule has 10 heteroatoms. The Labute approximate surface area is 385 Å². The van der Waals surface area contributed by atoms with Crippen molar-refractivity contribution in [3.8, 4) is 17.2 Å². The van der Waals surface area contributed by atoms with E-state index in [1.807, 2.05) is 164 Å². The molecule has 2 heterocycles. The second-order valence-corrected chi connectivity index (χ2v) is 16.8. The van der Waals surface area contributed by atoms with Gasteiger partial charge in [-0.3, -0.25) is 0 Å². The molecular formula is C56H56O10. The summed E-state index contributed by atoms with van der Waals surface area (Å²) in [5.74, 6) is 0.805. The highest BCUT2D eigenvalue weighted by Crippen LogP contribution is 2.39. The van der Waals surface area contributed by atoms with Gasteiger partial charge in [0.25, 0.3) is 0 Å². The SMILES string of the molecule is O=c1oc2cc(O[C@@H]3O[C@H](COCc4ccccc4)[C@@H](OCc4ccccc4)[C@H](OCc4ccccc4)[C@H]3OCc3ccccc3)ccc2c(OCc2ccccc2)c1OC1CCCCC1. The third-order valence-corrected chi connectivity index (χ3v) is 11.9. The molecule has 1 aliphatic carbocycles. The molecule has 10 nitrogen and oxygen atoms in total. The fraction of sp³-hybridized carbons (Fsp3) is 0.304. The lowest BCUT2D eigenvalue weighted by Gasteiger charge is -2.45. The van der Waals surface area contributed by atoms with Gasteiger partial charge < -0.3 is 42.3 Å². The second kappa shape index (κ2) is 22.8. The molecule has 1 saturated carbocycles. The van der Waals surface area contributed by atoms with Crippen LogP contribution in [0.5, 0.6) is 17.2 Å². The second-order valence-electron chi connectivity index (χ2n) is 16.8. The molecule has 0 unspecified atom stereocenters. The monoisotopic (exact) mass is 888 g/mol. The van der Waals surface area contributed by atoms with Crippen LogP contribution >= 0.6 is 0 Å². The third kappa shape index (κ3) is 11.9. The highest BCUT2D eigenvalue weighted by atomic mass is 16.7. The quantitative estimate of drug-likeness (QED) is 0.0687. The van der Waals surface area contributed by atoms with Crippen molar-refractivity contribution in [1.82, 2.24) is 0 Å². The van der Waals surface area contributed by atoms with Gasteiger partial charge in [0, 0.05) is 6.07 Å². The zero-order valence-corrected chi connectivity index (χ0v) is 37.0. The summed E-state index contributed by atoms with van der Waals surface area (Å²) < 4.78 is 59.7. The number of benzene rings is 6. The van der Waals surface area contributed by atoms with E-state index in [2.05, 4.69) is 0 Å². The maximum Gasteiger partial charge on any atom is 0.383 e. The molecule has 66 heavy (non-hydrogen) atoms. The molecule has 9 rings (SSSR count). The van der Waals surface area contributed by atoms with Crippen LogP contribution in [0, 0.1) is 0 Å². The molecule has 5 atom stereocenters. The zero-order chi connectivity index (χ0) is 44.8. The van der Waals surface area contributed by atoms with Crippen LogP contribution in [0.25, 0.3) is 11.0 Å². The summed E-state index contributed by atoms with van der Waals surface area (Å²) in [6.45, 7) is 1.61. The molecule has 2 fully saturated rings. The van der Waals surface area contributed by atoms with Gasteiger partial charge in [0.2, 0.25) is 12.0 Å². The normalized spacial score (nSPS) is 19.9. The molecule has 6 aromatic carbocycles. The fourth-order valence-corrected chi connectivity index (χ4v) is 8.51. The lowest BCUT2D eigenvalue weighted by Crippen LogP contribution is -2.62. The third-order valence-electron chi connectivity index (χ3n) is 11.9. The highest BCUT2D eigenvalue weighted by Gasteiger charge is 2.50. The van der Waals surface area contributed by atoms with E-state index in [4.69, 9.17) is 42.3 Å². The maximum absolute atomic E-state index is 13.9. The van der Waals surface area contributed by atoms with Gasteiger partial charge in [0.15, 0.2) is 5.75 Å². The lowest BCUT2D eigenvalue weighted by atomic mass is 9.97. The van der Waals surface area contributed by atoms with Gasteiger partial charge in [-0.2, -0.15) is 0 Å². The minimum absolute atomic E-state index is 0.0854. The van der Waals surface area contributed by atoms with E-state index in [0.29, 0.717) is 30.1 Å². The van der Waals surface area contributed by atoms with Crippen LogP contribution in [-0.2, 0) is 56.7 Å². The van der Waals surface area contributed by atoms with Crippen molar-refractivity contribution in [2.75, 3.05) is 6.61 Å². The van der Waals surface area contributed by atoms with Crippen LogP contribution in [0.2, 0.25) is 0 Å². The molecule has 0 N–H and O–H groups in total. The van der Waals surface area contributed by atoms with Crippen molar-refractivity contribution in [2.24, 2.45) is 0 Å². The topological polar surface area (TPSA) is 104 Å². The summed E-state index contributed by atoms with van der Waals surface area (Å²) in [5, 5.41) is 0.579. The maximum atomic E-state index is 13.9. The summed E-state index contributed by atoms with van der Waals surface area (Å²) in [6, 6.07) is 55.2. The van der Waals surface area contributed by atoms with E-state index >= 15 is 0 Å². The van der Waals surface area contributed by atoms with Crippen LogP contribution in [0.15, 0.2) is 179 Å². The molecule has 7 aromatic rings. The summed E-state index contributed by atoms with van der Waals surface area (Å²) in [6.07, 6.45) is 1.04. The van der Waals surface area contributed by atoms with Crippen LogP contribution in [0.1, 0.15) is 59.9 Å². The molecule has 1 saturated heterocycles. The Morgan fingerprint density at radius 2 is 0.985 bits per heavy atom. The molecule has 0 bridgehead atoms. The molecule has 0 radical (unpaired) electrons. The van der Waals surface area contributed by atoms with Gasteiger partial charge >= 0.3 is 5.63 Å². The van der Waals surface area contributed by atoms with E-state index in [0.717, 1.165) is 59.9 Å². The molecule has 0 amide bonds. The molecule has 340 valence electrons. The molecule has 1 aliphatic heterocycles. The average molecular weight is 889 g/mol. The fourth-order valence-electron chi connectivity index (χ4n) is 8.51. The van der Waals surface area contributed by atoms with Crippen LogP contribution < -0.4 is 19.8 Å². The van der Waals surface area contributed by atoms with E-state index < -0.39 is 36.3 Å². The van der Waals surface area contributed by atoms with Crippen LogP contribution in [0.4, 0.5) is 0 Å². The van der Waals surface area contributed by atoms with E-state index in [1.54, 1.807) is 6.07 Å². The van der Waals surface area contributed by atoms with Gasteiger partial charge in [-0.25, -0.2) is 4.79 Å². The number of fused-ring (bicyclic) bond motifs is 1. The Bertz CT molecular complexity index is 2590. The average Bonchev–Trinajstić information content (AvgIpc) is 3.37. The lowest BCUT2D eigenvalue weighted by molar-refractivity contribution is -0.310. The van der Waals surface area contributed by atoms with Crippen molar-refractivity contribution in [1.29, 1.82) is 0 Å². The summed E-state index contributed by atoms with van der Waals surface area (Å²) >= 11 is 0. The van der Waals surface area contributed by atoms with Crippen molar-refractivity contribution in [2.45, 2.75) is 102 Å². The van der Waals surface area contributed by atoms with Gasteiger partial charge in [0.1, 0.15) is 42.4 Å². The first-order chi connectivity index (χ1) is 32.6. The smallest absolute Gasteiger partial charge is 0.383 e. The number of hydrogen-bond acceptors (Lipinski definition) is 10. The van der Waals surface area contributed by atoms with Crippen molar-refractivity contribution >= 4 is 11.0 Å². The van der Waals surface area contributed by atoms with Crippen LogP contribution in [-0.4, -0.2) is 43.4 Å². The molecule has 2 aliphatic rings. The van der Waals surface area contributed by atoms with Crippen molar-refractivity contribution < 1.29 is 42.3 Å². The Hall–Kier alpha value is -6.27. The van der Waals surface area contributed by atoms with E-state index in [9.17, 15) is 4.79 Å². The minimum atomic E-state index is -1.02. The number of rotatable bonds is 20. The van der Waals surface area contributed by atoms with Gasteiger partial charge in [0.05, 0.1) is 44.5 Å². The van der Waals surface area contributed by atoms with E-state index in [1.165, 1.54) is 0 Å². The van der Waals surface area contributed by atoms with E-state index in [-0.39, 0.29) is 43.9 Å². The summed E-state index contributed by atoms with van der Waals surface area (Å²) in [7, 11) is 0. The summed E-state index contributed by atoms with van der Waals surface area (Å²) in [4.78, 5) is 13.9. The Kier molecular flexibility index (Phi) is 15.5. The first-order valence-electron chi connectivity index (χ1n) is 23.0. The standard InChI is InChI=1S/C56H56O10/c57-55-53(63-45-29-17-6-18-30-45)50(59-35-41-21-9-2-10-22-41)47-32-31-46(33-48(47)65-55)64-56-54(62-38-44-27-15-5-16-28-44)52(61-37-43-25-13-4-14-26-43)51(60-36-42-23-11-3-12-24-42)49(66-56)39-58-34-40-19-7-1-8-20-40/h1-5,7-16,19-28,31-33,45,49,51-52,54,56H,6,17-18,29-30,34-39H2/t49-,51-,52+,54-,56-/m1/s1. The Morgan fingerprint density at radius 3 is 1.55 bits per heavy atom. The zero-order valence-electron chi connectivity index (χ0n) is 37.0. The van der Waals surface area contributed by atoms with Gasteiger partial charge in [-0.05, 0) is 65.6 Å². The van der Waals surface area contributed by atoms with Crippen molar-refractivity contribution in [3.05, 3.63) is 208 Å². The van der Waals surface area contributed by atoms with Gasteiger partial charge in [-0.1, -0.05) is 158 Å². The predicted molar refractivity (Wildman–Crippen MR) is 251 cm³/mol. The Morgan fingerprint density at radius 1 is 0.485 bits per heavy atom. The molecule has 1 aromatic heterocycles. The molecular weight excluding hydrogens is 833 g/mol. The highest BCUT2D eigenvalue weighted by molar-refractivity contribution is 5.86. The van der Waals surface area contributed by atoms with Crippen molar-refractivity contribution in [3.63, 3.8) is 0 Å². The predicted octanol–water partition coefficient (Wildman–Crippen LogP) is 11.2. The number of hydrogen-bond donors (Lipinski definition) is 0.